The fraction of sp³-hybridized carbons (Fsp3) is 0.615. The van der Waals surface area contributed by atoms with Gasteiger partial charge in [0.2, 0.25) is 5.91 Å². The molecule has 1 amide bonds. The monoisotopic (exact) mass is 280 g/mol. The highest BCUT2D eigenvalue weighted by atomic mass is 32.2. The van der Waals surface area contributed by atoms with Gasteiger partial charge in [0.05, 0.1) is 5.92 Å². The van der Waals surface area contributed by atoms with E-state index in [1.54, 1.807) is 6.20 Å². The average molecular weight is 280 g/mol. The van der Waals surface area contributed by atoms with E-state index in [0.29, 0.717) is 0 Å². The smallest absolute Gasteiger partial charge is 0.227 e. The van der Waals surface area contributed by atoms with Crippen LogP contribution in [0.2, 0.25) is 0 Å². The molecule has 19 heavy (non-hydrogen) atoms. The quantitative estimate of drug-likeness (QED) is 0.672. The van der Waals surface area contributed by atoms with Gasteiger partial charge in [-0.3, -0.25) is 4.79 Å². The molecule has 1 fully saturated rings. The molecule has 1 aromatic rings. The van der Waals surface area contributed by atoms with E-state index in [-0.39, 0.29) is 17.4 Å². The summed E-state index contributed by atoms with van der Waals surface area (Å²) in [4.78, 5) is 22.6. The highest BCUT2D eigenvalue weighted by Crippen LogP contribution is 2.24. The zero-order valence-electron chi connectivity index (χ0n) is 11.8. The molecule has 5 nitrogen and oxygen atoms in total. The van der Waals surface area contributed by atoms with E-state index in [4.69, 9.17) is 0 Å². The number of rotatable bonds is 3. The van der Waals surface area contributed by atoms with Crippen LogP contribution in [0.3, 0.4) is 0 Å². The van der Waals surface area contributed by atoms with Crippen molar-refractivity contribution in [3.8, 4) is 0 Å². The van der Waals surface area contributed by atoms with Crippen LogP contribution >= 0.6 is 11.8 Å². The second-order valence-corrected chi connectivity index (χ2v) is 6.52. The van der Waals surface area contributed by atoms with Gasteiger partial charge in [0.25, 0.3) is 0 Å². The van der Waals surface area contributed by atoms with E-state index in [1.807, 2.05) is 33.1 Å². The van der Waals surface area contributed by atoms with E-state index >= 15 is 0 Å². The Morgan fingerprint density at radius 3 is 2.74 bits per heavy atom. The number of nitrogens with one attached hydrogen (secondary N) is 1. The lowest BCUT2D eigenvalue weighted by atomic mass is 9.97. The highest BCUT2D eigenvalue weighted by Gasteiger charge is 2.34. The molecule has 0 unspecified atom stereocenters. The Morgan fingerprint density at radius 2 is 2.16 bits per heavy atom. The summed E-state index contributed by atoms with van der Waals surface area (Å²) in [6.07, 6.45) is 3.71. The summed E-state index contributed by atoms with van der Waals surface area (Å²) in [6.45, 7) is 7.45. The molecule has 104 valence electrons. The van der Waals surface area contributed by atoms with Crippen molar-refractivity contribution in [2.75, 3.05) is 24.2 Å². The number of hydrogen-bond donors (Lipinski definition) is 1. The third-order valence-electron chi connectivity index (χ3n) is 2.88. The largest absolute Gasteiger partial charge is 0.355 e. The Morgan fingerprint density at radius 1 is 1.47 bits per heavy atom. The molecular formula is C13H20N4OS. The van der Waals surface area contributed by atoms with E-state index in [9.17, 15) is 4.79 Å². The molecule has 1 saturated heterocycles. The zero-order valence-corrected chi connectivity index (χ0v) is 12.6. The van der Waals surface area contributed by atoms with Crippen LogP contribution < -0.4 is 10.2 Å². The minimum atomic E-state index is -0.168. The number of anilines is 1. The molecule has 2 heterocycles. The lowest BCUT2D eigenvalue weighted by Gasteiger charge is -2.40. The molecule has 0 atom stereocenters. The number of hydrogen-bond acceptors (Lipinski definition) is 5. The van der Waals surface area contributed by atoms with Gasteiger partial charge in [0.1, 0.15) is 5.82 Å². The van der Waals surface area contributed by atoms with Crippen LogP contribution in [0.25, 0.3) is 0 Å². The zero-order chi connectivity index (χ0) is 14.0. The van der Waals surface area contributed by atoms with Gasteiger partial charge in [-0.15, -0.1) is 0 Å². The Labute approximate surface area is 118 Å². The number of carbonyl (C=O) groups excluding carboxylic acids is 1. The summed E-state index contributed by atoms with van der Waals surface area (Å²) in [5.41, 5.74) is -0.168. The summed E-state index contributed by atoms with van der Waals surface area (Å²) in [5, 5.41) is 3.78. The molecule has 6 heteroatoms. The summed E-state index contributed by atoms with van der Waals surface area (Å²) in [5.74, 6) is 1.09. The predicted molar refractivity (Wildman–Crippen MR) is 77.4 cm³/mol. The van der Waals surface area contributed by atoms with Gasteiger partial charge in [-0.25, -0.2) is 9.97 Å². The van der Waals surface area contributed by atoms with Crippen molar-refractivity contribution in [3.05, 3.63) is 12.3 Å². The van der Waals surface area contributed by atoms with Crippen LogP contribution in [-0.2, 0) is 4.79 Å². The summed E-state index contributed by atoms with van der Waals surface area (Å²) >= 11 is 1.52. The van der Waals surface area contributed by atoms with Crippen molar-refractivity contribution in [3.63, 3.8) is 0 Å². The van der Waals surface area contributed by atoms with Gasteiger partial charge in [-0.05, 0) is 33.1 Å². The van der Waals surface area contributed by atoms with Gasteiger partial charge in [0, 0.05) is 24.8 Å². The minimum Gasteiger partial charge on any atom is -0.355 e. The number of carbonyl (C=O) groups is 1. The highest BCUT2D eigenvalue weighted by molar-refractivity contribution is 7.98. The molecule has 1 aliphatic heterocycles. The van der Waals surface area contributed by atoms with Crippen molar-refractivity contribution in [2.45, 2.75) is 31.5 Å². The first kappa shape index (κ1) is 14.1. The number of thioether (sulfide) groups is 1. The Kier molecular flexibility index (Phi) is 3.99. The summed E-state index contributed by atoms with van der Waals surface area (Å²) < 4.78 is 0. The Hall–Kier alpha value is -1.30. The van der Waals surface area contributed by atoms with Crippen LogP contribution in [0.15, 0.2) is 17.4 Å². The second kappa shape index (κ2) is 5.36. The van der Waals surface area contributed by atoms with Gasteiger partial charge in [0.15, 0.2) is 5.16 Å². The molecule has 0 aliphatic carbocycles. The Bertz CT molecular complexity index is 466. The van der Waals surface area contributed by atoms with Gasteiger partial charge in [-0.2, -0.15) is 0 Å². The number of nitrogens with zero attached hydrogens (tertiary/aromatic N) is 3. The fourth-order valence-corrected chi connectivity index (χ4v) is 2.26. The lowest BCUT2D eigenvalue weighted by Crippen LogP contribution is -2.56. The lowest BCUT2D eigenvalue weighted by molar-refractivity contribution is -0.127. The molecule has 0 radical (unpaired) electrons. The van der Waals surface area contributed by atoms with E-state index < -0.39 is 0 Å². The summed E-state index contributed by atoms with van der Waals surface area (Å²) in [7, 11) is 0. The number of aromatic nitrogens is 2. The van der Waals surface area contributed by atoms with E-state index in [0.717, 1.165) is 24.1 Å². The van der Waals surface area contributed by atoms with Crippen molar-refractivity contribution in [1.29, 1.82) is 0 Å². The normalized spacial score (nSPS) is 16.1. The molecule has 2 rings (SSSR count). The van der Waals surface area contributed by atoms with Crippen LogP contribution in [0.1, 0.15) is 20.8 Å². The number of amides is 1. The van der Waals surface area contributed by atoms with Crippen LogP contribution in [0.4, 0.5) is 5.82 Å². The third kappa shape index (κ3) is 3.59. The first-order valence-electron chi connectivity index (χ1n) is 6.33. The predicted octanol–water partition coefficient (Wildman–Crippen LogP) is 1.55. The first-order chi connectivity index (χ1) is 8.89. The first-order valence-corrected chi connectivity index (χ1v) is 7.55. The van der Waals surface area contributed by atoms with Gasteiger partial charge < -0.3 is 10.2 Å². The fourth-order valence-electron chi connectivity index (χ4n) is 1.91. The maximum Gasteiger partial charge on any atom is 0.227 e. The minimum absolute atomic E-state index is 0.0620. The third-order valence-corrected chi connectivity index (χ3v) is 3.44. The SMILES string of the molecule is CSc1nccc(N2CC(C(=O)NC(C)(C)C)C2)n1. The van der Waals surface area contributed by atoms with Gasteiger partial charge in [-0.1, -0.05) is 11.8 Å². The van der Waals surface area contributed by atoms with Crippen molar-refractivity contribution >= 4 is 23.5 Å². The Balaban J connectivity index is 1.90. The second-order valence-electron chi connectivity index (χ2n) is 5.74. The maximum atomic E-state index is 12.0. The molecule has 0 spiro atoms. The topological polar surface area (TPSA) is 58.1 Å². The van der Waals surface area contributed by atoms with Crippen molar-refractivity contribution < 1.29 is 4.79 Å². The van der Waals surface area contributed by atoms with Crippen molar-refractivity contribution in [2.24, 2.45) is 5.92 Å². The van der Waals surface area contributed by atoms with Crippen LogP contribution in [-0.4, -0.2) is 40.8 Å². The standard InChI is InChI=1S/C13H20N4OS/c1-13(2,3)16-11(18)9-7-17(8-9)10-5-6-14-12(15-10)19-4/h5-6,9H,7-8H2,1-4H3,(H,16,18). The van der Waals surface area contributed by atoms with Gasteiger partial charge >= 0.3 is 0 Å². The van der Waals surface area contributed by atoms with Crippen LogP contribution in [0.5, 0.6) is 0 Å². The molecular weight excluding hydrogens is 260 g/mol. The molecule has 1 N–H and O–H groups in total. The summed E-state index contributed by atoms with van der Waals surface area (Å²) in [6, 6.07) is 1.89. The molecule has 0 bridgehead atoms. The molecule has 0 aromatic carbocycles. The van der Waals surface area contributed by atoms with E-state index in [1.165, 1.54) is 11.8 Å². The van der Waals surface area contributed by atoms with Crippen LogP contribution in [0, 0.1) is 5.92 Å². The van der Waals surface area contributed by atoms with Crippen molar-refractivity contribution in [1.82, 2.24) is 15.3 Å². The molecule has 1 aliphatic rings. The van der Waals surface area contributed by atoms with E-state index in [2.05, 4.69) is 20.2 Å². The maximum absolute atomic E-state index is 12.0. The molecule has 1 aromatic heterocycles. The molecule has 0 saturated carbocycles. The average Bonchev–Trinajstić information content (AvgIpc) is 2.25.